The first-order valence-electron chi connectivity index (χ1n) is 8.08. The van der Waals surface area contributed by atoms with Crippen molar-refractivity contribution in [2.75, 3.05) is 26.0 Å². The minimum Gasteiger partial charge on any atom is -0.356 e. The Bertz CT molecular complexity index is 755. The van der Waals surface area contributed by atoms with E-state index in [9.17, 15) is 4.79 Å². The Morgan fingerprint density at radius 1 is 1.38 bits per heavy atom. The van der Waals surface area contributed by atoms with Crippen molar-refractivity contribution in [3.63, 3.8) is 0 Å². The number of anilines is 1. The van der Waals surface area contributed by atoms with E-state index in [0.717, 1.165) is 23.4 Å². The first kappa shape index (κ1) is 16.4. The third kappa shape index (κ3) is 3.25. The highest BCUT2D eigenvalue weighted by atomic mass is 16.5. The van der Waals surface area contributed by atoms with Crippen molar-refractivity contribution in [3.05, 3.63) is 23.7 Å². The number of carbonyl (C=O) groups is 1. The Morgan fingerprint density at radius 2 is 2.08 bits per heavy atom. The predicted molar refractivity (Wildman–Crippen MR) is 90.3 cm³/mol. The SMILES string of the molecule is Cc1cc(-c2cnc(N(C)C)nc2CN(C)C(=O)C2CC2C)on1. The summed E-state index contributed by atoms with van der Waals surface area (Å²) in [6, 6.07) is 1.85. The third-order valence-electron chi connectivity index (χ3n) is 4.34. The van der Waals surface area contributed by atoms with Gasteiger partial charge in [0.25, 0.3) is 0 Å². The van der Waals surface area contributed by atoms with E-state index < -0.39 is 0 Å². The van der Waals surface area contributed by atoms with Gasteiger partial charge in [-0.2, -0.15) is 0 Å². The van der Waals surface area contributed by atoms with E-state index in [4.69, 9.17) is 4.52 Å². The Kier molecular flexibility index (Phi) is 4.26. The van der Waals surface area contributed by atoms with Crippen LogP contribution in [-0.2, 0) is 11.3 Å². The molecule has 1 amide bonds. The van der Waals surface area contributed by atoms with E-state index >= 15 is 0 Å². The summed E-state index contributed by atoms with van der Waals surface area (Å²) in [4.78, 5) is 25.0. The highest BCUT2D eigenvalue weighted by molar-refractivity contribution is 5.81. The molecular formula is C17H23N5O2. The minimum absolute atomic E-state index is 0.154. The molecular weight excluding hydrogens is 306 g/mol. The molecule has 1 saturated carbocycles. The average Bonchev–Trinajstić information content (AvgIpc) is 3.11. The average molecular weight is 329 g/mol. The molecule has 2 atom stereocenters. The number of nitrogens with zero attached hydrogens (tertiary/aromatic N) is 5. The van der Waals surface area contributed by atoms with Crippen molar-refractivity contribution in [2.45, 2.75) is 26.8 Å². The summed E-state index contributed by atoms with van der Waals surface area (Å²) >= 11 is 0. The minimum atomic E-state index is 0.154. The molecule has 7 heteroatoms. The molecule has 1 fully saturated rings. The summed E-state index contributed by atoms with van der Waals surface area (Å²) in [6.45, 7) is 4.39. The van der Waals surface area contributed by atoms with Crippen molar-refractivity contribution in [1.82, 2.24) is 20.0 Å². The second-order valence-electron chi connectivity index (χ2n) is 6.77. The number of hydrogen-bond acceptors (Lipinski definition) is 6. The van der Waals surface area contributed by atoms with Crippen LogP contribution in [0.4, 0.5) is 5.95 Å². The first-order chi connectivity index (χ1) is 11.4. The molecule has 3 rings (SSSR count). The molecule has 0 radical (unpaired) electrons. The number of amides is 1. The lowest BCUT2D eigenvalue weighted by molar-refractivity contribution is -0.132. The van der Waals surface area contributed by atoms with Gasteiger partial charge in [0, 0.05) is 39.3 Å². The second kappa shape index (κ2) is 6.22. The lowest BCUT2D eigenvalue weighted by Gasteiger charge is -2.19. The van der Waals surface area contributed by atoms with Gasteiger partial charge in [0.15, 0.2) is 5.76 Å². The third-order valence-corrected chi connectivity index (χ3v) is 4.34. The van der Waals surface area contributed by atoms with Crippen molar-refractivity contribution < 1.29 is 9.32 Å². The molecule has 24 heavy (non-hydrogen) atoms. The lowest BCUT2D eigenvalue weighted by Crippen LogP contribution is -2.29. The Hall–Kier alpha value is -2.44. The molecule has 0 aromatic carbocycles. The number of rotatable bonds is 5. The zero-order chi connectivity index (χ0) is 17.4. The van der Waals surface area contributed by atoms with Crippen LogP contribution in [0.1, 0.15) is 24.7 Å². The molecule has 2 unspecified atom stereocenters. The van der Waals surface area contributed by atoms with Crippen LogP contribution >= 0.6 is 0 Å². The van der Waals surface area contributed by atoms with Gasteiger partial charge < -0.3 is 14.3 Å². The Balaban J connectivity index is 1.91. The maximum atomic E-state index is 12.4. The van der Waals surface area contributed by atoms with Crippen LogP contribution in [0.3, 0.4) is 0 Å². The van der Waals surface area contributed by atoms with E-state index in [1.54, 1.807) is 11.1 Å². The van der Waals surface area contributed by atoms with Gasteiger partial charge >= 0.3 is 0 Å². The summed E-state index contributed by atoms with van der Waals surface area (Å²) in [7, 11) is 5.59. The standard InChI is InChI=1S/C17H23N5O2/c1-10-6-12(10)16(23)22(5)9-14-13(15-7-11(2)20-24-15)8-18-17(19-14)21(3)4/h7-8,10,12H,6,9H2,1-5H3. The van der Waals surface area contributed by atoms with Gasteiger partial charge in [-0.1, -0.05) is 12.1 Å². The Morgan fingerprint density at radius 3 is 2.62 bits per heavy atom. The van der Waals surface area contributed by atoms with Gasteiger partial charge in [-0.3, -0.25) is 4.79 Å². The molecule has 0 bridgehead atoms. The quantitative estimate of drug-likeness (QED) is 0.836. The maximum Gasteiger partial charge on any atom is 0.226 e. The molecule has 0 N–H and O–H groups in total. The molecule has 0 aliphatic heterocycles. The fourth-order valence-corrected chi connectivity index (χ4v) is 2.69. The lowest BCUT2D eigenvalue weighted by atomic mass is 10.1. The Labute approximate surface area is 141 Å². The van der Waals surface area contributed by atoms with Gasteiger partial charge in [0.2, 0.25) is 11.9 Å². The van der Waals surface area contributed by atoms with Crippen LogP contribution in [0, 0.1) is 18.8 Å². The molecule has 2 aromatic heterocycles. The fourth-order valence-electron chi connectivity index (χ4n) is 2.69. The summed E-state index contributed by atoms with van der Waals surface area (Å²) in [6.07, 6.45) is 2.71. The van der Waals surface area contributed by atoms with Crippen LogP contribution in [-0.4, -0.2) is 47.1 Å². The van der Waals surface area contributed by atoms with Crippen LogP contribution in [0.2, 0.25) is 0 Å². The molecule has 2 heterocycles. The number of hydrogen-bond donors (Lipinski definition) is 0. The van der Waals surface area contributed by atoms with Crippen LogP contribution < -0.4 is 4.90 Å². The predicted octanol–water partition coefficient (Wildman–Crippen LogP) is 2.12. The van der Waals surface area contributed by atoms with Gasteiger partial charge in [0.05, 0.1) is 23.5 Å². The largest absolute Gasteiger partial charge is 0.356 e. The molecule has 0 saturated heterocycles. The van der Waals surface area contributed by atoms with Gasteiger partial charge in [-0.15, -0.1) is 0 Å². The molecule has 7 nitrogen and oxygen atoms in total. The highest BCUT2D eigenvalue weighted by Gasteiger charge is 2.40. The monoisotopic (exact) mass is 329 g/mol. The highest BCUT2D eigenvalue weighted by Crippen LogP contribution is 2.39. The normalized spacial score (nSPS) is 19.2. The van der Waals surface area contributed by atoms with Crippen molar-refractivity contribution in [3.8, 4) is 11.3 Å². The topological polar surface area (TPSA) is 75.4 Å². The van der Waals surface area contributed by atoms with E-state index in [2.05, 4.69) is 22.0 Å². The van der Waals surface area contributed by atoms with E-state index in [1.807, 2.05) is 39.0 Å². The number of carbonyl (C=O) groups excluding carboxylic acids is 1. The number of aryl methyl sites for hydroxylation is 1. The van der Waals surface area contributed by atoms with E-state index in [1.165, 1.54) is 0 Å². The molecule has 0 spiro atoms. The summed E-state index contributed by atoms with van der Waals surface area (Å²) in [5.41, 5.74) is 2.32. The van der Waals surface area contributed by atoms with Crippen LogP contribution in [0.5, 0.6) is 0 Å². The van der Waals surface area contributed by atoms with Crippen LogP contribution in [0.15, 0.2) is 16.8 Å². The van der Waals surface area contributed by atoms with Crippen molar-refractivity contribution >= 4 is 11.9 Å². The molecule has 1 aliphatic rings. The van der Waals surface area contributed by atoms with Gasteiger partial charge in [-0.05, 0) is 19.3 Å². The van der Waals surface area contributed by atoms with Crippen molar-refractivity contribution in [2.24, 2.45) is 11.8 Å². The smallest absolute Gasteiger partial charge is 0.226 e. The molecule has 2 aromatic rings. The number of aromatic nitrogens is 3. The maximum absolute atomic E-state index is 12.4. The van der Waals surface area contributed by atoms with Crippen LogP contribution in [0.25, 0.3) is 11.3 Å². The summed E-state index contributed by atoms with van der Waals surface area (Å²) in [5, 5.41) is 3.93. The van der Waals surface area contributed by atoms with Crippen molar-refractivity contribution in [1.29, 1.82) is 0 Å². The summed E-state index contributed by atoms with van der Waals surface area (Å²) in [5.74, 6) is 2.03. The summed E-state index contributed by atoms with van der Waals surface area (Å²) < 4.78 is 5.36. The van der Waals surface area contributed by atoms with E-state index in [-0.39, 0.29) is 11.8 Å². The first-order valence-corrected chi connectivity index (χ1v) is 8.08. The van der Waals surface area contributed by atoms with E-state index in [0.29, 0.717) is 24.2 Å². The molecule has 128 valence electrons. The fraction of sp³-hybridized carbons (Fsp3) is 0.529. The zero-order valence-electron chi connectivity index (χ0n) is 14.8. The molecule has 1 aliphatic carbocycles. The second-order valence-corrected chi connectivity index (χ2v) is 6.77. The van der Waals surface area contributed by atoms with Gasteiger partial charge in [-0.25, -0.2) is 9.97 Å². The zero-order valence-corrected chi connectivity index (χ0v) is 14.8. The van der Waals surface area contributed by atoms with Gasteiger partial charge in [0.1, 0.15) is 0 Å².